The highest BCUT2D eigenvalue weighted by atomic mass is 16.5. The van der Waals surface area contributed by atoms with Crippen molar-refractivity contribution in [3.05, 3.63) is 65.7 Å². The number of amides is 1. The lowest BCUT2D eigenvalue weighted by Gasteiger charge is -2.25. The number of aromatic hydroxyl groups is 1. The molecule has 0 saturated carbocycles. The normalized spacial score (nSPS) is 17.4. The van der Waals surface area contributed by atoms with Crippen molar-refractivity contribution >= 4 is 5.91 Å². The van der Waals surface area contributed by atoms with Gasteiger partial charge in [0.25, 0.3) is 0 Å². The summed E-state index contributed by atoms with van der Waals surface area (Å²) in [5.74, 6) is 0.271. The van der Waals surface area contributed by atoms with Crippen molar-refractivity contribution in [3.63, 3.8) is 0 Å². The predicted octanol–water partition coefficient (Wildman–Crippen LogP) is 3.27. The second-order valence-electron chi connectivity index (χ2n) is 5.82. The van der Waals surface area contributed by atoms with E-state index >= 15 is 0 Å². The molecule has 4 heteroatoms. The van der Waals surface area contributed by atoms with Crippen molar-refractivity contribution < 1.29 is 14.6 Å². The summed E-state index contributed by atoms with van der Waals surface area (Å²) in [6, 6.07) is 17.0. The highest BCUT2D eigenvalue weighted by Gasteiger charge is 2.29. The first kappa shape index (κ1) is 15.6. The monoisotopic (exact) mass is 311 g/mol. The molecule has 0 aromatic heterocycles. The molecule has 120 valence electrons. The van der Waals surface area contributed by atoms with Crippen LogP contribution in [-0.2, 0) is 16.1 Å². The van der Waals surface area contributed by atoms with Gasteiger partial charge in [0.1, 0.15) is 12.4 Å². The average Bonchev–Trinajstić information content (AvgIpc) is 3.06. The number of phenols is 1. The van der Waals surface area contributed by atoms with Crippen LogP contribution >= 0.6 is 0 Å². The molecule has 23 heavy (non-hydrogen) atoms. The van der Waals surface area contributed by atoms with Crippen LogP contribution in [0.2, 0.25) is 0 Å². The Labute approximate surface area is 136 Å². The van der Waals surface area contributed by atoms with Crippen LogP contribution in [0.15, 0.2) is 54.6 Å². The molecular weight excluding hydrogens is 290 g/mol. The fourth-order valence-electron chi connectivity index (χ4n) is 3.02. The summed E-state index contributed by atoms with van der Waals surface area (Å²) in [7, 11) is 0. The SMILES string of the molecule is O=C(COCc1ccccc1)N1CCC[C@H]1c1ccc(O)cc1. The summed E-state index contributed by atoms with van der Waals surface area (Å²) in [5, 5.41) is 9.40. The zero-order valence-electron chi connectivity index (χ0n) is 13.0. The molecule has 1 N–H and O–H groups in total. The third kappa shape index (κ3) is 3.90. The molecule has 0 radical (unpaired) electrons. The molecule has 2 aromatic carbocycles. The topological polar surface area (TPSA) is 49.8 Å². The van der Waals surface area contributed by atoms with Crippen LogP contribution in [-0.4, -0.2) is 29.1 Å². The van der Waals surface area contributed by atoms with Gasteiger partial charge < -0.3 is 14.7 Å². The van der Waals surface area contributed by atoms with Crippen LogP contribution in [0, 0.1) is 0 Å². The van der Waals surface area contributed by atoms with Crippen LogP contribution in [0.25, 0.3) is 0 Å². The molecule has 0 bridgehead atoms. The van der Waals surface area contributed by atoms with Gasteiger partial charge in [0, 0.05) is 6.54 Å². The Morgan fingerprint density at radius 1 is 1.13 bits per heavy atom. The van der Waals surface area contributed by atoms with Crippen LogP contribution < -0.4 is 0 Å². The highest BCUT2D eigenvalue weighted by Crippen LogP contribution is 2.32. The number of nitrogens with zero attached hydrogens (tertiary/aromatic N) is 1. The molecular formula is C19H21NO3. The number of hydrogen-bond donors (Lipinski definition) is 1. The van der Waals surface area contributed by atoms with Crippen molar-refractivity contribution in [2.24, 2.45) is 0 Å². The Bertz CT molecular complexity index is 639. The van der Waals surface area contributed by atoms with Gasteiger partial charge in [0.2, 0.25) is 5.91 Å². The molecule has 2 aromatic rings. The van der Waals surface area contributed by atoms with Crippen LogP contribution in [0.1, 0.15) is 30.0 Å². The Hall–Kier alpha value is -2.33. The quantitative estimate of drug-likeness (QED) is 0.922. The van der Waals surface area contributed by atoms with Crippen LogP contribution in [0.4, 0.5) is 0 Å². The summed E-state index contributed by atoms with van der Waals surface area (Å²) in [6.07, 6.45) is 1.95. The van der Waals surface area contributed by atoms with E-state index in [4.69, 9.17) is 4.74 Å². The van der Waals surface area contributed by atoms with Gasteiger partial charge in [-0.1, -0.05) is 42.5 Å². The maximum absolute atomic E-state index is 12.4. The lowest BCUT2D eigenvalue weighted by Crippen LogP contribution is -2.33. The number of benzene rings is 2. The van der Waals surface area contributed by atoms with E-state index in [2.05, 4.69) is 0 Å². The number of hydrogen-bond acceptors (Lipinski definition) is 3. The average molecular weight is 311 g/mol. The van der Waals surface area contributed by atoms with E-state index in [-0.39, 0.29) is 24.3 Å². The maximum atomic E-state index is 12.4. The van der Waals surface area contributed by atoms with Crippen LogP contribution in [0.5, 0.6) is 5.75 Å². The first-order valence-electron chi connectivity index (χ1n) is 7.94. The van der Waals surface area contributed by atoms with Gasteiger partial charge >= 0.3 is 0 Å². The molecule has 0 aliphatic carbocycles. The molecule has 1 saturated heterocycles. The zero-order valence-corrected chi connectivity index (χ0v) is 13.0. The molecule has 1 atom stereocenters. The van der Waals surface area contributed by atoms with E-state index in [9.17, 15) is 9.90 Å². The highest BCUT2D eigenvalue weighted by molar-refractivity contribution is 5.78. The van der Waals surface area contributed by atoms with E-state index in [1.807, 2.05) is 47.4 Å². The Balaban J connectivity index is 1.56. The van der Waals surface area contributed by atoms with E-state index in [1.54, 1.807) is 12.1 Å². The lowest BCUT2D eigenvalue weighted by molar-refractivity contribution is -0.137. The largest absolute Gasteiger partial charge is 0.508 e. The molecule has 1 heterocycles. The summed E-state index contributed by atoms with van der Waals surface area (Å²) in [4.78, 5) is 14.3. The van der Waals surface area contributed by atoms with Gasteiger partial charge in [-0.25, -0.2) is 0 Å². The maximum Gasteiger partial charge on any atom is 0.249 e. The van der Waals surface area contributed by atoms with E-state index in [1.165, 1.54) is 0 Å². The van der Waals surface area contributed by atoms with Gasteiger partial charge in [0.15, 0.2) is 0 Å². The molecule has 0 unspecified atom stereocenters. The molecule has 1 aliphatic rings. The zero-order chi connectivity index (χ0) is 16.1. The Morgan fingerprint density at radius 2 is 1.87 bits per heavy atom. The first-order valence-corrected chi connectivity index (χ1v) is 7.94. The lowest BCUT2D eigenvalue weighted by atomic mass is 10.0. The number of likely N-dealkylation sites (tertiary alicyclic amines) is 1. The Morgan fingerprint density at radius 3 is 2.61 bits per heavy atom. The number of phenolic OH excluding ortho intramolecular Hbond substituents is 1. The van der Waals surface area contributed by atoms with Crippen molar-refractivity contribution in [1.82, 2.24) is 4.90 Å². The number of rotatable bonds is 5. The second-order valence-corrected chi connectivity index (χ2v) is 5.82. The number of ether oxygens (including phenoxy) is 1. The fourth-order valence-corrected chi connectivity index (χ4v) is 3.02. The van der Waals surface area contributed by atoms with Gasteiger partial charge in [0.05, 0.1) is 12.6 Å². The summed E-state index contributed by atoms with van der Waals surface area (Å²) in [6.45, 7) is 1.31. The summed E-state index contributed by atoms with van der Waals surface area (Å²) < 4.78 is 5.57. The molecule has 3 rings (SSSR count). The van der Waals surface area contributed by atoms with E-state index < -0.39 is 0 Å². The predicted molar refractivity (Wildman–Crippen MR) is 87.9 cm³/mol. The third-order valence-electron chi connectivity index (χ3n) is 4.19. The molecule has 1 aliphatic heterocycles. The summed E-state index contributed by atoms with van der Waals surface area (Å²) >= 11 is 0. The van der Waals surface area contributed by atoms with Crippen molar-refractivity contribution in [1.29, 1.82) is 0 Å². The Kier molecular flexibility index (Phi) is 4.93. The minimum Gasteiger partial charge on any atom is -0.508 e. The van der Waals surface area contributed by atoms with E-state index in [0.717, 1.165) is 30.5 Å². The second kappa shape index (κ2) is 7.29. The fraction of sp³-hybridized carbons (Fsp3) is 0.316. The number of carbonyl (C=O) groups excluding carboxylic acids is 1. The van der Waals surface area contributed by atoms with E-state index in [0.29, 0.717) is 6.61 Å². The van der Waals surface area contributed by atoms with Gasteiger partial charge in [-0.3, -0.25) is 4.79 Å². The van der Waals surface area contributed by atoms with Gasteiger partial charge in [-0.05, 0) is 36.1 Å². The molecule has 4 nitrogen and oxygen atoms in total. The molecule has 1 fully saturated rings. The molecule has 1 amide bonds. The van der Waals surface area contributed by atoms with Gasteiger partial charge in [-0.2, -0.15) is 0 Å². The van der Waals surface area contributed by atoms with Crippen LogP contribution in [0.3, 0.4) is 0 Å². The van der Waals surface area contributed by atoms with Crippen molar-refractivity contribution in [2.45, 2.75) is 25.5 Å². The minimum atomic E-state index is 0.0245. The first-order chi connectivity index (χ1) is 11.2. The molecule has 0 spiro atoms. The van der Waals surface area contributed by atoms with Crippen molar-refractivity contribution in [2.75, 3.05) is 13.2 Å². The minimum absolute atomic E-state index is 0.0245. The third-order valence-corrected chi connectivity index (χ3v) is 4.19. The smallest absolute Gasteiger partial charge is 0.249 e. The standard InChI is InChI=1S/C19H21NO3/c21-17-10-8-16(9-11-17)18-7-4-12-20(18)19(22)14-23-13-15-5-2-1-3-6-15/h1-3,5-6,8-11,18,21H,4,7,12-14H2/t18-/m0/s1. The summed E-state index contributed by atoms with van der Waals surface area (Å²) in [5.41, 5.74) is 2.13. The van der Waals surface area contributed by atoms with Crippen molar-refractivity contribution in [3.8, 4) is 5.75 Å². The number of carbonyl (C=O) groups is 1. The van der Waals surface area contributed by atoms with Gasteiger partial charge in [-0.15, -0.1) is 0 Å².